The zero-order chi connectivity index (χ0) is 16.1. The summed E-state index contributed by atoms with van der Waals surface area (Å²) in [6, 6.07) is 9.62. The smallest absolute Gasteiger partial charge is 0.247 e. The molecule has 3 rings (SSSR count). The molecule has 6 heteroatoms. The Kier molecular flexibility index (Phi) is 5.02. The predicted octanol–water partition coefficient (Wildman–Crippen LogP) is 2.31. The van der Waals surface area contributed by atoms with Crippen molar-refractivity contribution in [2.45, 2.75) is 32.3 Å². The second-order valence-corrected chi connectivity index (χ2v) is 5.61. The average Bonchev–Trinajstić information content (AvgIpc) is 3.09. The van der Waals surface area contributed by atoms with Crippen molar-refractivity contribution in [1.29, 1.82) is 0 Å². The average molecular weight is 315 g/mol. The lowest BCUT2D eigenvalue weighted by Crippen LogP contribution is -2.45. The van der Waals surface area contributed by atoms with E-state index in [4.69, 9.17) is 9.15 Å². The number of carbonyl (C=O) groups excluding carboxylic acids is 1. The number of hydrogen-bond acceptors (Lipinski definition) is 5. The monoisotopic (exact) mass is 315 g/mol. The third kappa shape index (κ3) is 3.96. The maximum Gasteiger partial charge on any atom is 0.247 e. The molecule has 0 saturated carbocycles. The molecule has 0 spiro atoms. The highest BCUT2D eigenvalue weighted by molar-refractivity contribution is 5.76. The van der Waals surface area contributed by atoms with Crippen molar-refractivity contribution in [2.24, 2.45) is 0 Å². The van der Waals surface area contributed by atoms with Crippen molar-refractivity contribution in [3.63, 3.8) is 0 Å². The fraction of sp³-hybridized carbons (Fsp3) is 0.471. The van der Waals surface area contributed by atoms with Crippen LogP contribution in [0.25, 0.3) is 11.5 Å². The van der Waals surface area contributed by atoms with E-state index in [1.54, 1.807) is 0 Å². The van der Waals surface area contributed by atoms with E-state index in [0.29, 0.717) is 44.3 Å². The summed E-state index contributed by atoms with van der Waals surface area (Å²) in [5.74, 6) is 1.11. The van der Waals surface area contributed by atoms with E-state index in [-0.39, 0.29) is 12.0 Å². The van der Waals surface area contributed by atoms with Crippen LogP contribution in [0.1, 0.15) is 25.7 Å². The Morgan fingerprint density at radius 2 is 2.13 bits per heavy atom. The van der Waals surface area contributed by atoms with E-state index in [1.165, 1.54) is 0 Å². The van der Waals surface area contributed by atoms with Crippen LogP contribution in [-0.2, 0) is 16.0 Å². The van der Waals surface area contributed by atoms with Crippen molar-refractivity contribution in [3.05, 3.63) is 36.2 Å². The number of carbonyl (C=O) groups is 1. The maximum absolute atomic E-state index is 12.3. The topological polar surface area (TPSA) is 68.5 Å². The number of amides is 1. The molecular weight excluding hydrogens is 294 g/mol. The summed E-state index contributed by atoms with van der Waals surface area (Å²) in [7, 11) is 0. The highest BCUT2D eigenvalue weighted by Crippen LogP contribution is 2.18. The molecule has 122 valence electrons. The molecule has 0 unspecified atom stereocenters. The molecule has 0 bridgehead atoms. The van der Waals surface area contributed by atoms with Crippen LogP contribution in [0.5, 0.6) is 0 Å². The van der Waals surface area contributed by atoms with Gasteiger partial charge in [0.25, 0.3) is 0 Å². The van der Waals surface area contributed by atoms with E-state index in [1.807, 2.05) is 35.2 Å². The first kappa shape index (κ1) is 15.7. The van der Waals surface area contributed by atoms with Crippen LogP contribution < -0.4 is 0 Å². The molecule has 1 aliphatic heterocycles. The fourth-order valence-electron chi connectivity index (χ4n) is 2.62. The van der Waals surface area contributed by atoms with Gasteiger partial charge in [0.05, 0.1) is 12.7 Å². The molecule has 1 fully saturated rings. The molecular formula is C17H21N3O3. The number of rotatable bonds is 5. The summed E-state index contributed by atoms with van der Waals surface area (Å²) in [6.45, 7) is 4.02. The van der Waals surface area contributed by atoms with Crippen LogP contribution >= 0.6 is 0 Å². The van der Waals surface area contributed by atoms with Crippen molar-refractivity contribution in [2.75, 3.05) is 19.7 Å². The Balaban J connectivity index is 1.54. The molecule has 2 heterocycles. The molecule has 0 aliphatic carbocycles. The number of hydrogen-bond donors (Lipinski definition) is 0. The summed E-state index contributed by atoms with van der Waals surface area (Å²) in [4.78, 5) is 14.2. The van der Waals surface area contributed by atoms with E-state index < -0.39 is 0 Å². The molecule has 1 aromatic heterocycles. The van der Waals surface area contributed by atoms with Gasteiger partial charge in [-0.2, -0.15) is 0 Å². The van der Waals surface area contributed by atoms with Gasteiger partial charge in [-0.3, -0.25) is 4.79 Å². The molecule has 1 aromatic carbocycles. The van der Waals surface area contributed by atoms with Crippen LogP contribution in [-0.4, -0.2) is 46.8 Å². The van der Waals surface area contributed by atoms with E-state index in [9.17, 15) is 4.79 Å². The van der Waals surface area contributed by atoms with E-state index in [2.05, 4.69) is 17.1 Å². The molecule has 0 N–H and O–H groups in total. The minimum atomic E-state index is 0.117. The molecule has 1 atom stereocenters. The van der Waals surface area contributed by atoms with Gasteiger partial charge in [-0.15, -0.1) is 10.2 Å². The Hall–Kier alpha value is -2.21. The molecule has 1 amide bonds. The predicted molar refractivity (Wildman–Crippen MR) is 84.7 cm³/mol. The lowest BCUT2D eigenvalue weighted by molar-refractivity contribution is -0.138. The number of benzene rings is 1. The van der Waals surface area contributed by atoms with Crippen LogP contribution in [0.15, 0.2) is 34.7 Å². The normalized spacial score (nSPS) is 18.1. The lowest BCUT2D eigenvalue weighted by atomic mass is 10.2. The minimum absolute atomic E-state index is 0.117. The summed E-state index contributed by atoms with van der Waals surface area (Å²) in [6.07, 6.45) is 1.92. The fourth-order valence-corrected chi connectivity index (χ4v) is 2.62. The minimum Gasteiger partial charge on any atom is -0.421 e. The lowest BCUT2D eigenvalue weighted by Gasteiger charge is -2.32. The van der Waals surface area contributed by atoms with Gasteiger partial charge in [-0.1, -0.05) is 25.1 Å². The summed E-state index contributed by atoms with van der Waals surface area (Å²) in [5, 5.41) is 8.07. The molecule has 1 saturated heterocycles. The second-order valence-electron chi connectivity index (χ2n) is 5.61. The van der Waals surface area contributed by atoms with Crippen molar-refractivity contribution < 1.29 is 13.9 Å². The number of aryl methyl sites for hydroxylation is 1. The third-order valence-corrected chi connectivity index (χ3v) is 3.99. The van der Waals surface area contributed by atoms with Gasteiger partial charge in [0.15, 0.2) is 0 Å². The summed E-state index contributed by atoms with van der Waals surface area (Å²) < 4.78 is 11.2. The molecule has 1 aliphatic rings. The first-order valence-corrected chi connectivity index (χ1v) is 8.03. The van der Waals surface area contributed by atoms with Gasteiger partial charge in [0.2, 0.25) is 17.7 Å². The Bertz CT molecular complexity index is 642. The van der Waals surface area contributed by atoms with E-state index >= 15 is 0 Å². The standard InChI is InChI=1S/C17H21N3O3/c1-2-14-12-20(10-11-22-14)16(21)9-8-15-18-19-17(23-15)13-6-4-3-5-7-13/h3-7,14H,2,8-12H2,1H3/t14-/m1/s1. The van der Waals surface area contributed by atoms with Crippen molar-refractivity contribution in [1.82, 2.24) is 15.1 Å². The number of aromatic nitrogens is 2. The molecule has 6 nitrogen and oxygen atoms in total. The summed E-state index contributed by atoms with van der Waals surface area (Å²) in [5.41, 5.74) is 0.886. The van der Waals surface area contributed by atoms with Crippen LogP contribution in [0, 0.1) is 0 Å². The van der Waals surface area contributed by atoms with Gasteiger partial charge in [0, 0.05) is 31.5 Å². The third-order valence-electron chi connectivity index (χ3n) is 3.99. The quantitative estimate of drug-likeness (QED) is 0.847. The highest BCUT2D eigenvalue weighted by atomic mass is 16.5. The second kappa shape index (κ2) is 7.37. The number of morpholine rings is 1. The number of nitrogens with zero attached hydrogens (tertiary/aromatic N) is 3. The Morgan fingerprint density at radius 3 is 2.91 bits per heavy atom. The van der Waals surface area contributed by atoms with Gasteiger partial charge < -0.3 is 14.1 Å². The first-order valence-electron chi connectivity index (χ1n) is 8.03. The molecule has 0 radical (unpaired) electrons. The largest absolute Gasteiger partial charge is 0.421 e. The highest BCUT2D eigenvalue weighted by Gasteiger charge is 2.23. The molecule has 23 heavy (non-hydrogen) atoms. The van der Waals surface area contributed by atoms with Crippen LogP contribution in [0.4, 0.5) is 0 Å². The first-order chi connectivity index (χ1) is 11.3. The number of ether oxygens (including phenoxy) is 1. The maximum atomic E-state index is 12.3. The van der Waals surface area contributed by atoms with Gasteiger partial charge in [-0.25, -0.2) is 0 Å². The van der Waals surface area contributed by atoms with Gasteiger partial charge in [-0.05, 0) is 18.6 Å². The Labute approximate surface area is 135 Å². The SMILES string of the molecule is CC[C@@H]1CN(C(=O)CCc2nnc(-c3ccccc3)o2)CCO1. The zero-order valence-electron chi connectivity index (χ0n) is 13.3. The van der Waals surface area contributed by atoms with Crippen LogP contribution in [0.3, 0.4) is 0 Å². The van der Waals surface area contributed by atoms with Gasteiger partial charge in [0.1, 0.15) is 0 Å². The summed E-state index contributed by atoms with van der Waals surface area (Å²) >= 11 is 0. The Morgan fingerprint density at radius 1 is 1.30 bits per heavy atom. The zero-order valence-corrected chi connectivity index (χ0v) is 13.3. The van der Waals surface area contributed by atoms with Crippen molar-refractivity contribution >= 4 is 5.91 Å². The molecule has 2 aromatic rings. The van der Waals surface area contributed by atoms with Crippen LogP contribution in [0.2, 0.25) is 0 Å². The van der Waals surface area contributed by atoms with Crippen molar-refractivity contribution in [3.8, 4) is 11.5 Å². The van der Waals surface area contributed by atoms with E-state index in [0.717, 1.165) is 12.0 Å². The van der Waals surface area contributed by atoms with Gasteiger partial charge >= 0.3 is 0 Å².